The van der Waals surface area contributed by atoms with Gasteiger partial charge < -0.3 is 19.9 Å². The van der Waals surface area contributed by atoms with Crippen molar-refractivity contribution >= 4 is 17.3 Å². The number of aliphatic carboxylic acids is 1. The van der Waals surface area contributed by atoms with Gasteiger partial charge >= 0.3 is 5.97 Å². The number of ether oxygens (including phenoxy) is 2. The van der Waals surface area contributed by atoms with Gasteiger partial charge in [-0.15, -0.1) is 11.3 Å². The second-order valence-corrected chi connectivity index (χ2v) is 7.67. The molecule has 2 N–H and O–H groups in total. The number of thiophene rings is 1. The lowest BCUT2D eigenvalue weighted by molar-refractivity contribution is -0.144. The van der Waals surface area contributed by atoms with E-state index in [4.69, 9.17) is 9.47 Å². The summed E-state index contributed by atoms with van der Waals surface area (Å²) in [6.07, 6.45) is 0.225. The molecule has 1 fully saturated rings. The SMILES string of the molecule is CNC(C(=O)O)[C@@H]1OC(c2sccc2OC(C)c2ccccc2)C[C@H]1C. The highest BCUT2D eigenvalue weighted by Crippen LogP contribution is 2.44. The van der Waals surface area contributed by atoms with E-state index in [0.717, 1.165) is 22.6 Å². The minimum atomic E-state index is -0.884. The standard InChI is InChI=1S/C20H25NO4S/c1-12-11-16(25-18(12)17(21-3)20(22)23)19-15(9-10-26-19)24-13(2)14-7-5-4-6-8-14/h4-10,12-13,16-18,21H,11H2,1-3H3,(H,22,23)/t12-,13?,16?,17?,18-/m1/s1. The third-order valence-corrected chi connectivity index (χ3v) is 5.89. The van der Waals surface area contributed by atoms with Crippen LogP contribution in [-0.4, -0.2) is 30.3 Å². The van der Waals surface area contributed by atoms with Gasteiger partial charge in [0.05, 0.1) is 17.1 Å². The summed E-state index contributed by atoms with van der Waals surface area (Å²) in [5, 5.41) is 14.3. The fraction of sp³-hybridized carbons (Fsp3) is 0.450. The fourth-order valence-electron chi connectivity index (χ4n) is 3.48. The number of nitrogens with one attached hydrogen (secondary N) is 1. The van der Waals surface area contributed by atoms with E-state index in [9.17, 15) is 9.90 Å². The number of likely N-dealkylation sites (N-methyl/N-ethyl adjacent to an activating group) is 1. The molecular formula is C20H25NO4S. The average molecular weight is 375 g/mol. The van der Waals surface area contributed by atoms with Crippen LogP contribution in [-0.2, 0) is 9.53 Å². The predicted octanol–water partition coefficient (Wildman–Crippen LogP) is 4.03. The Morgan fingerprint density at radius 1 is 1.35 bits per heavy atom. The number of carboxylic acid groups (broad SMARTS) is 1. The van der Waals surface area contributed by atoms with E-state index in [-0.39, 0.29) is 24.2 Å². The lowest BCUT2D eigenvalue weighted by Crippen LogP contribution is -2.46. The fourth-order valence-corrected chi connectivity index (χ4v) is 4.35. The Morgan fingerprint density at radius 2 is 2.08 bits per heavy atom. The zero-order chi connectivity index (χ0) is 18.7. The molecule has 0 saturated carbocycles. The normalized spacial score (nSPS) is 25.0. The molecule has 2 aromatic rings. The van der Waals surface area contributed by atoms with Crippen molar-refractivity contribution in [2.75, 3.05) is 7.05 Å². The molecule has 1 aromatic carbocycles. The number of hydrogen-bond acceptors (Lipinski definition) is 5. The first-order valence-corrected chi connectivity index (χ1v) is 9.73. The number of benzene rings is 1. The molecule has 2 heterocycles. The quantitative estimate of drug-likeness (QED) is 0.765. The van der Waals surface area contributed by atoms with Crippen LogP contribution in [0.5, 0.6) is 5.75 Å². The van der Waals surface area contributed by atoms with Crippen molar-refractivity contribution in [1.29, 1.82) is 0 Å². The van der Waals surface area contributed by atoms with Crippen molar-refractivity contribution in [3.63, 3.8) is 0 Å². The highest BCUT2D eigenvalue weighted by molar-refractivity contribution is 7.10. The van der Waals surface area contributed by atoms with Crippen LogP contribution in [0.25, 0.3) is 0 Å². The van der Waals surface area contributed by atoms with Gasteiger partial charge in [-0.3, -0.25) is 4.79 Å². The lowest BCUT2D eigenvalue weighted by Gasteiger charge is -2.22. The van der Waals surface area contributed by atoms with Crippen LogP contribution >= 0.6 is 11.3 Å². The maximum atomic E-state index is 11.5. The molecule has 1 aliphatic heterocycles. The molecule has 1 saturated heterocycles. The molecule has 5 nitrogen and oxygen atoms in total. The van der Waals surface area contributed by atoms with Crippen molar-refractivity contribution in [1.82, 2.24) is 5.32 Å². The Kier molecular flexibility index (Phi) is 5.96. The van der Waals surface area contributed by atoms with Crippen molar-refractivity contribution in [3.8, 4) is 5.75 Å². The summed E-state index contributed by atoms with van der Waals surface area (Å²) in [5.74, 6) is 0.0842. The molecule has 1 aliphatic rings. The van der Waals surface area contributed by atoms with E-state index < -0.39 is 12.0 Å². The van der Waals surface area contributed by atoms with E-state index in [1.807, 2.05) is 55.6 Å². The molecule has 0 aliphatic carbocycles. The number of carboxylic acids is 1. The minimum absolute atomic E-state index is 0.0664. The maximum absolute atomic E-state index is 11.5. The summed E-state index contributed by atoms with van der Waals surface area (Å²) >= 11 is 1.60. The Morgan fingerprint density at radius 3 is 2.73 bits per heavy atom. The Labute approximate surface area is 158 Å². The van der Waals surface area contributed by atoms with Gasteiger partial charge in [0.25, 0.3) is 0 Å². The topological polar surface area (TPSA) is 67.8 Å². The van der Waals surface area contributed by atoms with E-state index in [1.165, 1.54) is 0 Å². The molecule has 1 aromatic heterocycles. The first kappa shape index (κ1) is 18.9. The van der Waals surface area contributed by atoms with E-state index in [1.54, 1.807) is 18.4 Å². The molecule has 6 heteroatoms. The van der Waals surface area contributed by atoms with Crippen molar-refractivity contribution in [3.05, 3.63) is 52.2 Å². The second-order valence-electron chi connectivity index (χ2n) is 6.73. The molecule has 0 radical (unpaired) electrons. The van der Waals surface area contributed by atoms with Crippen LogP contribution in [0.15, 0.2) is 41.8 Å². The molecule has 5 atom stereocenters. The molecule has 0 spiro atoms. The third kappa shape index (κ3) is 3.92. The number of carbonyl (C=O) groups is 1. The molecule has 26 heavy (non-hydrogen) atoms. The Hall–Kier alpha value is -1.89. The van der Waals surface area contributed by atoms with E-state index in [0.29, 0.717) is 0 Å². The van der Waals surface area contributed by atoms with Gasteiger partial charge in [0.1, 0.15) is 17.9 Å². The number of rotatable bonds is 7. The summed E-state index contributed by atoms with van der Waals surface area (Å²) in [5.41, 5.74) is 1.12. The number of hydrogen-bond donors (Lipinski definition) is 2. The summed E-state index contributed by atoms with van der Waals surface area (Å²) in [6.45, 7) is 4.07. The predicted molar refractivity (Wildman–Crippen MR) is 102 cm³/mol. The molecule has 0 amide bonds. The highest BCUT2D eigenvalue weighted by Gasteiger charge is 2.42. The van der Waals surface area contributed by atoms with Gasteiger partial charge in [-0.25, -0.2) is 0 Å². The average Bonchev–Trinajstić information content (AvgIpc) is 3.23. The van der Waals surface area contributed by atoms with Gasteiger partial charge in [0, 0.05) is 0 Å². The first-order chi connectivity index (χ1) is 12.5. The van der Waals surface area contributed by atoms with Crippen molar-refractivity contribution in [2.45, 2.75) is 44.6 Å². The van der Waals surface area contributed by atoms with Crippen LogP contribution in [0, 0.1) is 5.92 Å². The van der Waals surface area contributed by atoms with Gasteiger partial charge in [0.2, 0.25) is 0 Å². The molecule has 140 valence electrons. The Bertz CT molecular complexity index is 732. The monoisotopic (exact) mass is 375 g/mol. The zero-order valence-corrected chi connectivity index (χ0v) is 16.0. The lowest BCUT2D eigenvalue weighted by atomic mass is 9.96. The Balaban J connectivity index is 1.74. The summed E-state index contributed by atoms with van der Waals surface area (Å²) in [6, 6.07) is 11.3. The van der Waals surface area contributed by atoms with Crippen LogP contribution < -0.4 is 10.1 Å². The van der Waals surface area contributed by atoms with Crippen LogP contribution in [0.2, 0.25) is 0 Å². The highest BCUT2D eigenvalue weighted by atomic mass is 32.1. The van der Waals surface area contributed by atoms with Gasteiger partial charge in [-0.2, -0.15) is 0 Å². The van der Waals surface area contributed by atoms with Crippen molar-refractivity contribution < 1.29 is 19.4 Å². The summed E-state index contributed by atoms with van der Waals surface area (Å²) in [4.78, 5) is 12.5. The third-order valence-electron chi connectivity index (χ3n) is 4.90. The summed E-state index contributed by atoms with van der Waals surface area (Å²) in [7, 11) is 1.66. The van der Waals surface area contributed by atoms with Gasteiger partial charge in [0.15, 0.2) is 0 Å². The van der Waals surface area contributed by atoms with Crippen LogP contribution in [0.1, 0.15) is 42.9 Å². The second kappa shape index (κ2) is 8.20. The molecular weight excluding hydrogens is 350 g/mol. The first-order valence-electron chi connectivity index (χ1n) is 8.85. The zero-order valence-electron chi connectivity index (χ0n) is 15.2. The van der Waals surface area contributed by atoms with Gasteiger partial charge in [-0.05, 0) is 43.3 Å². The largest absolute Gasteiger partial charge is 0.485 e. The van der Waals surface area contributed by atoms with Crippen LogP contribution in [0.4, 0.5) is 0 Å². The minimum Gasteiger partial charge on any atom is -0.485 e. The molecule has 3 rings (SSSR count). The molecule has 3 unspecified atom stereocenters. The van der Waals surface area contributed by atoms with Crippen molar-refractivity contribution in [2.24, 2.45) is 5.92 Å². The van der Waals surface area contributed by atoms with E-state index >= 15 is 0 Å². The van der Waals surface area contributed by atoms with Gasteiger partial charge in [-0.1, -0.05) is 37.3 Å². The smallest absolute Gasteiger partial charge is 0.323 e. The van der Waals surface area contributed by atoms with E-state index in [2.05, 4.69) is 5.32 Å². The summed E-state index contributed by atoms with van der Waals surface area (Å²) < 4.78 is 12.3. The maximum Gasteiger partial charge on any atom is 0.323 e. The van der Waals surface area contributed by atoms with Crippen LogP contribution in [0.3, 0.4) is 0 Å². The molecule has 0 bridgehead atoms.